The predicted octanol–water partition coefficient (Wildman–Crippen LogP) is 5.77. The zero-order chi connectivity index (χ0) is 29.8. The molecular weight excluding hydrogens is 572 g/mol. The maximum absolute atomic E-state index is 14.2. The van der Waals surface area contributed by atoms with Crippen LogP contribution in [0.25, 0.3) is 11.8 Å². The van der Waals surface area contributed by atoms with E-state index in [4.69, 9.17) is 30.8 Å². The van der Waals surface area contributed by atoms with Crippen LogP contribution >= 0.6 is 22.9 Å². The van der Waals surface area contributed by atoms with Gasteiger partial charge in [-0.05, 0) is 69.7 Å². The van der Waals surface area contributed by atoms with Crippen molar-refractivity contribution in [2.24, 2.45) is 4.99 Å². The number of hydrogen-bond acceptors (Lipinski definition) is 7. The van der Waals surface area contributed by atoms with Gasteiger partial charge in [0.2, 0.25) is 0 Å². The summed E-state index contributed by atoms with van der Waals surface area (Å²) in [4.78, 5) is 33.1. The van der Waals surface area contributed by atoms with Crippen molar-refractivity contribution in [1.82, 2.24) is 4.57 Å². The van der Waals surface area contributed by atoms with Crippen LogP contribution in [0.4, 0.5) is 0 Å². The van der Waals surface area contributed by atoms with Crippen molar-refractivity contribution >= 4 is 40.7 Å². The molecule has 1 aliphatic heterocycles. The van der Waals surface area contributed by atoms with E-state index in [0.717, 1.165) is 11.1 Å². The number of aromatic nitrogens is 1. The topological polar surface area (TPSA) is 79.1 Å². The molecule has 0 aliphatic carbocycles. The summed E-state index contributed by atoms with van der Waals surface area (Å²) in [6, 6.07) is 21.4. The van der Waals surface area contributed by atoms with Crippen LogP contribution in [0.3, 0.4) is 0 Å². The molecule has 3 aromatic carbocycles. The molecule has 216 valence electrons. The molecule has 2 heterocycles. The van der Waals surface area contributed by atoms with E-state index < -0.39 is 12.0 Å². The lowest BCUT2D eigenvalue weighted by atomic mass is 9.93. The maximum Gasteiger partial charge on any atom is 0.338 e. The number of fused-ring (bicyclic) bond motifs is 1. The molecule has 9 heteroatoms. The zero-order valence-corrected chi connectivity index (χ0v) is 25.4. The van der Waals surface area contributed by atoms with E-state index in [2.05, 4.69) is 0 Å². The second-order valence-corrected chi connectivity index (χ2v) is 11.2. The van der Waals surface area contributed by atoms with Crippen LogP contribution in [0, 0.1) is 0 Å². The highest BCUT2D eigenvalue weighted by Crippen LogP contribution is 2.36. The summed E-state index contributed by atoms with van der Waals surface area (Å²) >= 11 is 7.57. The largest absolute Gasteiger partial charge is 0.494 e. The molecule has 7 nitrogen and oxygen atoms in total. The Morgan fingerprint density at radius 3 is 2.45 bits per heavy atom. The fourth-order valence-electron chi connectivity index (χ4n) is 4.80. The third-order valence-electron chi connectivity index (χ3n) is 6.50. The van der Waals surface area contributed by atoms with Gasteiger partial charge in [0.05, 0.1) is 41.2 Å². The number of hydrogen-bond donors (Lipinski definition) is 0. The molecule has 1 atom stereocenters. The normalized spacial score (nSPS) is 14.9. The molecule has 0 amide bonds. The highest BCUT2D eigenvalue weighted by molar-refractivity contribution is 7.07. The third-order valence-corrected chi connectivity index (χ3v) is 7.72. The van der Waals surface area contributed by atoms with Crippen LogP contribution in [0.1, 0.15) is 50.4 Å². The van der Waals surface area contributed by atoms with Gasteiger partial charge in [0.25, 0.3) is 5.56 Å². The highest BCUT2D eigenvalue weighted by atomic mass is 35.5. The molecule has 0 unspecified atom stereocenters. The smallest absolute Gasteiger partial charge is 0.338 e. The Kier molecular flexibility index (Phi) is 8.94. The molecule has 0 saturated carbocycles. The lowest BCUT2D eigenvalue weighted by Gasteiger charge is -2.26. The van der Waals surface area contributed by atoms with E-state index in [9.17, 15) is 9.59 Å². The highest BCUT2D eigenvalue weighted by Gasteiger charge is 2.35. The average Bonchev–Trinajstić information content (AvgIpc) is 3.29. The van der Waals surface area contributed by atoms with Crippen LogP contribution in [-0.4, -0.2) is 29.9 Å². The van der Waals surface area contributed by atoms with Gasteiger partial charge in [0.1, 0.15) is 11.5 Å². The molecule has 0 fully saturated rings. The Morgan fingerprint density at radius 1 is 1.05 bits per heavy atom. The van der Waals surface area contributed by atoms with Gasteiger partial charge in [-0.25, -0.2) is 9.79 Å². The van der Waals surface area contributed by atoms with Crippen LogP contribution < -0.4 is 24.4 Å². The standard InChI is InChI=1S/C33H31ClN2O5S/c1-5-39-25-15-12-22(13-16-25)30-28(32(38)40-6-2)29(21-10-8-7-9-11-21)35-33-36(30)31(37)27(42-33)19-23-18-24(34)14-17-26(23)41-20(3)4/h7-20,30H,5-6H2,1-4H3/b27-19-/t30-/m0/s1. The van der Waals surface area contributed by atoms with Crippen LogP contribution in [0.2, 0.25) is 5.02 Å². The lowest BCUT2D eigenvalue weighted by molar-refractivity contribution is -0.138. The van der Waals surface area contributed by atoms with Gasteiger partial charge in [-0.2, -0.15) is 0 Å². The summed E-state index contributed by atoms with van der Waals surface area (Å²) < 4.78 is 19.2. The molecule has 4 aromatic rings. The first kappa shape index (κ1) is 29.4. The summed E-state index contributed by atoms with van der Waals surface area (Å²) in [5.41, 5.74) is 2.61. The van der Waals surface area contributed by atoms with E-state index in [1.807, 2.05) is 75.4 Å². The number of esters is 1. The molecule has 1 aliphatic rings. The number of ether oxygens (including phenoxy) is 3. The predicted molar refractivity (Wildman–Crippen MR) is 166 cm³/mol. The summed E-state index contributed by atoms with van der Waals surface area (Å²) in [5, 5.41) is 0.522. The molecule has 0 bridgehead atoms. The number of benzene rings is 3. The quantitative estimate of drug-likeness (QED) is 0.227. The molecule has 5 rings (SSSR count). The second-order valence-electron chi connectivity index (χ2n) is 9.78. The Morgan fingerprint density at radius 2 is 1.79 bits per heavy atom. The molecule has 0 saturated heterocycles. The third kappa shape index (κ3) is 6.05. The van der Waals surface area contributed by atoms with Gasteiger partial charge in [-0.15, -0.1) is 0 Å². The number of carbonyl (C=O) groups excluding carboxylic acids is 1. The Bertz CT molecular complexity index is 1810. The minimum absolute atomic E-state index is 0.0697. The Labute approximate surface area is 253 Å². The number of nitrogens with zero attached hydrogens (tertiary/aromatic N) is 2. The van der Waals surface area contributed by atoms with Crippen molar-refractivity contribution < 1.29 is 19.0 Å². The molecule has 0 radical (unpaired) electrons. The van der Waals surface area contributed by atoms with Gasteiger partial charge in [0.15, 0.2) is 4.80 Å². The van der Waals surface area contributed by atoms with Crippen molar-refractivity contribution in [1.29, 1.82) is 0 Å². The fraction of sp³-hybridized carbons (Fsp3) is 0.242. The fourth-order valence-corrected chi connectivity index (χ4v) is 5.98. The summed E-state index contributed by atoms with van der Waals surface area (Å²) in [5.74, 6) is 0.772. The van der Waals surface area contributed by atoms with Crippen LogP contribution in [0.15, 0.2) is 88.2 Å². The summed E-state index contributed by atoms with van der Waals surface area (Å²) in [6.07, 6.45) is 1.69. The van der Waals surface area contributed by atoms with E-state index in [1.54, 1.807) is 35.8 Å². The van der Waals surface area contributed by atoms with Crippen molar-refractivity contribution in [2.45, 2.75) is 39.8 Å². The van der Waals surface area contributed by atoms with Crippen molar-refractivity contribution in [3.63, 3.8) is 0 Å². The molecule has 42 heavy (non-hydrogen) atoms. The van der Waals surface area contributed by atoms with Gasteiger partial charge >= 0.3 is 5.97 Å². The SMILES string of the molecule is CCOC(=O)C1=C(c2ccccc2)N=c2s/c(=C\c3cc(Cl)ccc3OC(C)C)c(=O)n2[C@H]1c1ccc(OCC)cc1. The molecule has 1 aromatic heterocycles. The first-order valence-corrected chi connectivity index (χ1v) is 15.0. The second kappa shape index (κ2) is 12.8. The van der Waals surface area contributed by atoms with Gasteiger partial charge in [-0.3, -0.25) is 9.36 Å². The lowest BCUT2D eigenvalue weighted by Crippen LogP contribution is -2.40. The van der Waals surface area contributed by atoms with Crippen molar-refractivity contribution in [3.8, 4) is 11.5 Å². The molecule has 0 N–H and O–H groups in total. The van der Waals surface area contributed by atoms with E-state index in [-0.39, 0.29) is 23.8 Å². The van der Waals surface area contributed by atoms with Gasteiger partial charge < -0.3 is 14.2 Å². The zero-order valence-electron chi connectivity index (χ0n) is 23.8. The summed E-state index contributed by atoms with van der Waals surface area (Å²) in [7, 11) is 0. The first-order chi connectivity index (χ1) is 20.3. The van der Waals surface area contributed by atoms with Gasteiger partial charge in [-0.1, -0.05) is 65.4 Å². The number of thiazole rings is 1. The van der Waals surface area contributed by atoms with Crippen LogP contribution in [0.5, 0.6) is 11.5 Å². The van der Waals surface area contributed by atoms with Gasteiger partial charge in [0, 0.05) is 16.1 Å². The number of halogens is 1. The summed E-state index contributed by atoms with van der Waals surface area (Å²) in [6.45, 7) is 8.24. The van der Waals surface area contributed by atoms with E-state index >= 15 is 0 Å². The number of carbonyl (C=O) groups is 1. The first-order valence-electron chi connectivity index (χ1n) is 13.8. The Balaban J connectivity index is 1.79. The van der Waals surface area contributed by atoms with Crippen molar-refractivity contribution in [2.75, 3.05) is 13.2 Å². The van der Waals surface area contributed by atoms with E-state index in [0.29, 0.717) is 43.7 Å². The monoisotopic (exact) mass is 602 g/mol. The number of rotatable bonds is 9. The van der Waals surface area contributed by atoms with Crippen molar-refractivity contribution in [3.05, 3.63) is 120 Å². The molecular formula is C33H31ClN2O5S. The van der Waals surface area contributed by atoms with Crippen LogP contribution in [-0.2, 0) is 9.53 Å². The minimum atomic E-state index is -0.779. The Hall–Kier alpha value is -4.14. The average molecular weight is 603 g/mol. The molecule has 0 spiro atoms. The van der Waals surface area contributed by atoms with E-state index in [1.165, 1.54) is 11.3 Å². The maximum atomic E-state index is 14.2. The minimum Gasteiger partial charge on any atom is -0.494 e.